The molecule has 0 bridgehead atoms. The average Bonchev–Trinajstić information content (AvgIpc) is 3.26. The Labute approximate surface area is 140 Å². The predicted molar refractivity (Wildman–Crippen MR) is 87.6 cm³/mol. The zero-order valence-electron chi connectivity index (χ0n) is 13.5. The molecule has 3 rings (SSSR count). The Morgan fingerprint density at radius 2 is 2.00 bits per heavy atom. The molecule has 2 aromatic heterocycles. The Kier molecular flexibility index (Phi) is 5.04. The maximum absolute atomic E-state index is 9.24. The molecule has 0 N–H and O–H groups in total. The number of hydrogen-bond acceptors (Lipinski definition) is 6. The fourth-order valence-corrected chi connectivity index (χ4v) is 2.55. The van der Waals surface area contributed by atoms with Gasteiger partial charge in [0.25, 0.3) is 5.89 Å². The molecule has 0 saturated carbocycles. The molecule has 0 spiro atoms. The minimum absolute atomic E-state index is 0.379. The minimum Gasteiger partial charge on any atom is -0.459 e. The molecule has 6 nitrogen and oxygen atoms in total. The second-order valence-electron chi connectivity index (χ2n) is 5.46. The molecule has 122 valence electrons. The van der Waals surface area contributed by atoms with Crippen LogP contribution in [0.5, 0.6) is 0 Å². The van der Waals surface area contributed by atoms with Crippen molar-refractivity contribution in [2.45, 2.75) is 26.4 Å². The van der Waals surface area contributed by atoms with Gasteiger partial charge in [-0.1, -0.05) is 25.1 Å². The number of nitrogens with zero attached hydrogens (tertiary/aromatic N) is 4. The van der Waals surface area contributed by atoms with Crippen LogP contribution in [0.2, 0.25) is 0 Å². The summed E-state index contributed by atoms with van der Waals surface area (Å²) in [6, 6.07) is 13.4. The van der Waals surface area contributed by atoms with Crippen molar-refractivity contribution in [3.63, 3.8) is 0 Å². The lowest BCUT2D eigenvalue weighted by molar-refractivity contribution is 0.231. The van der Waals surface area contributed by atoms with Crippen molar-refractivity contribution < 1.29 is 8.83 Å². The fourth-order valence-electron chi connectivity index (χ4n) is 2.55. The van der Waals surface area contributed by atoms with Crippen molar-refractivity contribution in [2.24, 2.45) is 0 Å². The first-order chi connectivity index (χ1) is 11.8. The quantitative estimate of drug-likeness (QED) is 0.661. The molecule has 0 aliphatic heterocycles. The van der Waals surface area contributed by atoms with Gasteiger partial charge in [0.15, 0.2) is 5.76 Å². The average molecular weight is 322 g/mol. The number of furan rings is 1. The molecule has 24 heavy (non-hydrogen) atoms. The number of benzene rings is 1. The maximum atomic E-state index is 9.24. The van der Waals surface area contributed by atoms with Gasteiger partial charge in [-0.25, -0.2) is 0 Å². The highest BCUT2D eigenvalue weighted by molar-refractivity contribution is 5.42. The zero-order chi connectivity index (χ0) is 16.8. The second-order valence-corrected chi connectivity index (χ2v) is 5.46. The summed E-state index contributed by atoms with van der Waals surface area (Å²) in [7, 11) is 0. The van der Waals surface area contributed by atoms with E-state index >= 15 is 0 Å². The van der Waals surface area contributed by atoms with E-state index in [2.05, 4.69) is 28.1 Å². The van der Waals surface area contributed by atoms with E-state index in [4.69, 9.17) is 8.83 Å². The molecule has 1 aromatic carbocycles. The third-order valence-corrected chi connectivity index (χ3v) is 3.63. The van der Waals surface area contributed by atoms with Crippen molar-refractivity contribution in [1.29, 1.82) is 5.26 Å². The van der Waals surface area contributed by atoms with E-state index in [1.165, 1.54) is 0 Å². The van der Waals surface area contributed by atoms with Gasteiger partial charge in [-0.15, -0.1) is 10.2 Å². The lowest BCUT2D eigenvalue weighted by atomic mass is 10.1. The third kappa shape index (κ3) is 3.70. The summed E-state index contributed by atoms with van der Waals surface area (Å²) < 4.78 is 10.9. The molecule has 6 heteroatoms. The van der Waals surface area contributed by atoms with Crippen molar-refractivity contribution in [3.8, 4) is 17.7 Å². The van der Waals surface area contributed by atoms with Crippen molar-refractivity contribution in [1.82, 2.24) is 15.1 Å². The smallest absolute Gasteiger partial charge is 0.283 e. The first-order valence-electron chi connectivity index (χ1n) is 7.86. The SMILES string of the molecule is CCCN(Cc1nnc(-c2ccco2)o1)Cc1ccccc1C#N. The van der Waals surface area contributed by atoms with Gasteiger partial charge in [0.1, 0.15) is 0 Å². The van der Waals surface area contributed by atoms with Gasteiger partial charge in [-0.05, 0) is 36.7 Å². The Morgan fingerprint density at radius 1 is 1.12 bits per heavy atom. The molecule has 0 fully saturated rings. The fraction of sp³-hybridized carbons (Fsp3) is 0.278. The van der Waals surface area contributed by atoms with Crippen LogP contribution in [0.25, 0.3) is 11.7 Å². The van der Waals surface area contributed by atoms with E-state index in [9.17, 15) is 5.26 Å². The summed E-state index contributed by atoms with van der Waals surface area (Å²) in [6.07, 6.45) is 2.56. The lowest BCUT2D eigenvalue weighted by Crippen LogP contribution is -2.24. The molecule has 3 aromatic rings. The standard InChI is InChI=1S/C18H18N4O2/c1-2-9-22(12-15-7-4-3-6-14(15)11-19)13-17-20-21-18(24-17)16-8-5-10-23-16/h3-8,10H,2,9,12-13H2,1H3. The van der Waals surface area contributed by atoms with Crippen LogP contribution in [0, 0.1) is 11.3 Å². The summed E-state index contributed by atoms with van der Waals surface area (Å²) >= 11 is 0. The van der Waals surface area contributed by atoms with Crippen LogP contribution >= 0.6 is 0 Å². The summed E-state index contributed by atoms with van der Waals surface area (Å²) in [5.74, 6) is 1.47. The highest BCUT2D eigenvalue weighted by Gasteiger charge is 2.15. The van der Waals surface area contributed by atoms with Gasteiger partial charge in [0.2, 0.25) is 5.89 Å². The van der Waals surface area contributed by atoms with E-state index in [0.29, 0.717) is 36.2 Å². The van der Waals surface area contributed by atoms with Crippen molar-refractivity contribution in [3.05, 3.63) is 59.7 Å². The summed E-state index contributed by atoms with van der Waals surface area (Å²) in [5.41, 5.74) is 1.69. The van der Waals surface area contributed by atoms with E-state index < -0.39 is 0 Å². The van der Waals surface area contributed by atoms with Crippen LogP contribution in [-0.2, 0) is 13.1 Å². The van der Waals surface area contributed by atoms with Gasteiger partial charge in [-0.2, -0.15) is 5.26 Å². The highest BCUT2D eigenvalue weighted by Crippen LogP contribution is 2.19. The Bertz CT molecular complexity index is 818. The third-order valence-electron chi connectivity index (χ3n) is 3.63. The van der Waals surface area contributed by atoms with Crippen LogP contribution in [0.3, 0.4) is 0 Å². The van der Waals surface area contributed by atoms with Gasteiger partial charge in [-0.3, -0.25) is 4.90 Å². The maximum Gasteiger partial charge on any atom is 0.283 e. The topological polar surface area (TPSA) is 79.1 Å². The van der Waals surface area contributed by atoms with Crippen molar-refractivity contribution >= 4 is 0 Å². The number of aromatic nitrogens is 2. The molecule has 0 amide bonds. The Balaban J connectivity index is 1.73. The molecule has 0 atom stereocenters. The number of rotatable bonds is 7. The molecule has 0 saturated heterocycles. The number of hydrogen-bond donors (Lipinski definition) is 0. The first-order valence-corrected chi connectivity index (χ1v) is 7.86. The van der Waals surface area contributed by atoms with Crippen LogP contribution in [-0.4, -0.2) is 21.6 Å². The minimum atomic E-state index is 0.379. The van der Waals surface area contributed by atoms with E-state index in [1.54, 1.807) is 18.4 Å². The number of nitriles is 1. The normalized spacial score (nSPS) is 10.9. The van der Waals surface area contributed by atoms with E-state index in [-0.39, 0.29) is 0 Å². The Hall–Kier alpha value is -2.91. The van der Waals surface area contributed by atoms with Gasteiger partial charge in [0, 0.05) is 6.54 Å². The van der Waals surface area contributed by atoms with Gasteiger partial charge < -0.3 is 8.83 Å². The Morgan fingerprint density at radius 3 is 2.75 bits per heavy atom. The summed E-state index contributed by atoms with van der Waals surface area (Å²) in [5, 5.41) is 17.4. The highest BCUT2D eigenvalue weighted by atomic mass is 16.4. The van der Waals surface area contributed by atoms with Crippen molar-refractivity contribution in [2.75, 3.05) is 6.54 Å². The summed E-state index contributed by atoms with van der Waals surface area (Å²) in [6.45, 7) is 4.18. The summed E-state index contributed by atoms with van der Waals surface area (Å²) in [4.78, 5) is 2.19. The first kappa shape index (κ1) is 16.0. The van der Waals surface area contributed by atoms with E-state index in [1.807, 2.05) is 24.3 Å². The molecule has 2 heterocycles. The molecular formula is C18H18N4O2. The van der Waals surface area contributed by atoms with Gasteiger partial charge >= 0.3 is 0 Å². The zero-order valence-corrected chi connectivity index (χ0v) is 13.5. The second kappa shape index (κ2) is 7.57. The van der Waals surface area contributed by atoms with Crippen LogP contribution in [0.15, 0.2) is 51.5 Å². The molecular weight excluding hydrogens is 304 g/mol. The molecule has 0 aliphatic carbocycles. The van der Waals surface area contributed by atoms with E-state index in [0.717, 1.165) is 18.5 Å². The van der Waals surface area contributed by atoms with Gasteiger partial charge in [0.05, 0.1) is 24.4 Å². The lowest BCUT2D eigenvalue weighted by Gasteiger charge is -2.20. The molecule has 0 aliphatic rings. The van der Waals surface area contributed by atoms with Crippen LogP contribution in [0.4, 0.5) is 0 Å². The largest absolute Gasteiger partial charge is 0.459 e. The molecule has 0 radical (unpaired) electrons. The van der Waals surface area contributed by atoms with Crippen LogP contribution in [0.1, 0.15) is 30.4 Å². The predicted octanol–water partition coefficient (Wildman–Crippen LogP) is 3.61. The molecule has 0 unspecified atom stereocenters. The monoisotopic (exact) mass is 322 g/mol. The van der Waals surface area contributed by atoms with Crippen LogP contribution < -0.4 is 0 Å².